The molecule has 1 atom stereocenters. The van der Waals surface area contributed by atoms with Gasteiger partial charge in [0.25, 0.3) is 5.91 Å². The summed E-state index contributed by atoms with van der Waals surface area (Å²) < 4.78 is 12.2. The normalized spacial score (nSPS) is 14.8. The third-order valence-corrected chi connectivity index (χ3v) is 5.72. The van der Waals surface area contributed by atoms with Crippen molar-refractivity contribution in [3.05, 3.63) is 59.8 Å². The van der Waals surface area contributed by atoms with Gasteiger partial charge in [0.2, 0.25) is 5.91 Å². The molecule has 33 heavy (non-hydrogen) atoms. The fourth-order valence-electron chi connectivity index (χ4n) is 3.95. The van der Waals surface area contributed by atoms with Crippen LogP contribution in [0.15, 0.2) is 48.5 Å². The lowest BCUT2D eigenvalue weighted by atomic mass is 10.0. The Labute approximate surface area is 192 Å². The Kier molecular flexibility index (Phi) is 6.46. The van der Waals surface area contributed by atoms with E-state index < -0.39 is 6.04 Å². The van der Waals surface area contributed by atoms with E-state index in [-0.39, 0.29) is 24.8 Å². The fourth-order valence-corrected chi connectivity index (χ4v) is 3.95. The summed E-state index contributed by atoms with van der Waals surface area (Å²) in [7, 11) is 3.20. The van der Waals surface area contributed by atoms with Crippen molar-refractivity contribution < 1.29 is 19.1 Å². The second-order valence-electron chi connectivity index (χ2n) is 8.31. The molecule has 0 bridgehead atoms. The van der Waals surface area contributed by atoms with Crippen LogP contribution in [0.2, 0.25) is 0 Å². The molecule has 0 aliphatic carbocycles. The highest BCUT2D eigenvalue weighted by molar-refractivity contribution is 6.04. The Morgan fingerprint density at radius 1 is 1.12 bits per heavy atom. The first kappa shape index (κ1) is 22.5. The lowest BCUT2D eigenvalue weighted by Crippen LogP contribution is -2.24. The minimum absolute atomic E-state index is 0.0269. The quantitative estimate of drug-likeness (QED) is 0.534. The standard InChI is InChI=1S/C25H28N4O4/c1-15(2)16-5-9-18(10-6-16)26-22(30)13-21-25(31)27-24-23(20(14-32-3)28-29(21)24)17-7-11-19(33-4)12-8-17/h5-12,15,21H,13-14H2,1-4H3,(H,26,30)(H,27,31). The summed E-state index contributed by atoms with van der Waals surface area (Å²) in [5, 5.41) is 10.4. The molecule has 0 saturated heterocycles. The Hall–Kier alpha value is -3.65. The second-order valence-corrected chi connectivity index (χ2v) is 8.31. The molecule has 0 radical (unpaired) electrons. The molecule has 2 amide bonds. The summed E-state index contributed by atoms with van der Waals surface area (Å²) in [4.78, 5) is 25.5. The molecular formula is C25H28N4O4. The number of hydrogen-bond donors (Lipinski definition) is 2. The van der Waals surface area contributed by atoms with Crippen LogP contribution in [-0.2, 0) is 20.9 Å². The van der Waals surface area contributed by atoms with Gasteiger partial charge in [0, 0.05) is 18.4 Å². The second kappa shape index (κ2) is 9.46. The van der Waals surface area contributed by atoms with Crippen LogP contribution in [0.3, 0.4) is 0 Å². The van der Waals surface area contributed by atoms with Gasteiger partial charge in [-0.25, -0.2) is 4.68 Å². The SMILES string of the molecule is COCc1nn2c(c1-c1ccc(OC)cc1)NC(=O)C2CC(=O)Nc1ccc(C(C)C)cc1. The number of nitrogens with one attached hydrogen (secondary N) is 2. The fraction of sp³-hybridized carbons (Fsp3) is 0.320. The summed E-state index contributed by atoms with van der Waals surface area (Å²) in [6.07, 6.45) is -0.0269. The Balaban J connectivity index is 1.57. The largest absolute Gasteiger partial charge is 0.497 e. The number of methoxy groups -OCH3 is 2. The predicted octanol–water partition coefficient (Wildman–Crippen LogP) is 4.35. The van der Waals surface area contributed by atoms with Crippen LogP contribution in [-0.4, -0.2) is 35.8 Å². The molecule has 3 aromatic rings. The zero-order valence-electron chi connectivity index (χ0n) is 19.2. The number of rotatable bonds is 8. The summed E-state index contributed by atoms with van der Waals surface area (Å²) >= 11 is 0. The van der Waals surface area contributed by atoms with Crippen molar-refractivity contribution in [3.63, 3.8) is 0 Å². The maximum atomic E-state index is 12.7. The van der Waals surface area contributed by atoms with Crippen molar-refractivity contribution >= 4 is 23.3 Å². The average molecular weight is 449 g/mol. The molecule has 2 N–H and O–H groups in total. The third kappa shape index (κ3) is 4.61. The van der Waals surface area contributed by atoms with Crippen LogP contribution in [0.5, 0.6) is 5.75 Å². The van der Waals surface area contributed by atoms with Crippen LogP contribution in [0.25, 0.3) is 11.1 Å². The molecule has 172 valence electrons. The molecule has 0 saturated carbocycles. The zero-order valence-corrected chi connectivity index (χ0v) is 19.2. The first-order valence-corrected chi connectivity index (χ1v) is 10.9. The van der Waals surface area contributed by atoms with E-state index in [1.165, 1.54) is 5.56 Å². The van der Waals surface area contributed by atoms with Crippen LogP contribution in [0.4, 0.5) is 11.5 Å². The van der Waals surface area contributed by atoms with Crippen molar-refractivity contribution in [1.29, 1.82) is 0 Å². The number of carbonyl (C=O) groups is 2. The number of amides is 2. The number of carbonyl (C=O) groups excluding carboxylic acids is 2. The molecular weight excluding hydrogens is 420 g/mol. The van der Waals surface area contributed by atoms with Gasteiger partial charge in [0.05, 0.1) is 25.8 Å². The van der Waals surface area contributed by atoms with Crippen molar-refractivity contribution in [2.24, 2.45) is 0 Å². The van der Waals surface area contributed by atoms with E-state index in [2.05, 4.69) is 29.6 Å². The maximum absolute atomic E-state index is 12.7. The van der Waals surface area contributed by atoms with Gasteiger partial charge in [0.15, 0.2) is 0 Å². The minimum Gasteiger partial charge on any atom is -0.497 e. The number of hydrogen-bond acceptors (Lipinski definition) is 5. The van der Waals surface area contributed by atoms with E-state index >= 15 is 0 Å². The van der Waals surface area contributed by atoms with Crippen molar-refractivity contribution in [2.45, 2.75) is 38.8 Å². The highest BCUT2D eigenvalue weighted by Crippen LogP contribution is 2.39. The van der Waals surface area contributed by atoms with E-state index in [4.69, 9.17) is 9.47 Å². The van der Waals surface area contributed by atoms with Gasteiger partial charge in [-0.1, -0.05) is 38.1 Å². The lowest BCUT2D eigenvalue weighted by Gasteiger charge is -2.11. The van der Waals surface area contributed by atoms with Gasteiger partial charge in [-0.2, -0.15) is 5.10 Å². The van der Waals surface area contributed by atoms with Crippen LogP contribution in [0.1, 0.15) is 43.5 Å². The number of ether oxygens (including phenoxy) is 2. The molecule has 2 aromatic carbocycles. The zero-order chi connectivity index (χ0) is 23.5. The number of benzene rings is 2. The number of fused-ring (bicyclic) bond motifs is 1. The van der Waals surface area contributed by atoms with E-state index in [0.29, 0.717) is 23.1 Å². The molecule has 2 heterocycles. The maximum Gasteiger partial charge on any atom is 0.251 e. The van der Waals surface area contributed by atoms with Crippen LogP contribution < -0.4 is 15.4 Å². The molecule has 8 nitrogen and oxygen atoms in total. The summed E-state index contributed by atoms with van der Waals surface area (Å²) in [6, 6.07) is 14.5. The van der Waals surface area contributed by atoms with Crippen molar-refractivity contribution in [3.8, 4) is 16.9 Å². The van der Waals surface area contributed by atoms with Crippen molar-refractivity contribution in [1.82, 2.24) is 9.78 Å². The summed E-state index contributed by atoms with van der Waals surface area (Å²) in [5.74, 6) is 1.19. The minimum atomic E-state index is -0.738. The molecule has 1 aliphatic rings. The Morgan fingerprint density at radius 3 is 2.42 bits per heavy atom. The van der Waals surface area contributed by atoms with Gasteiger partial charge >= 0.3 is 0 Å². The topological polar surface area (TPSA) is 94.5 Å². The molecule has 1 aromatic heterocycles. The smallest absolute Gasteiger partial charge is 0.251 e. The molecule has 4 rings (SSSR count). The predicted molar refractivity (Wildman–Crippen MR) is 126 cm³/mol. The lowest BCUT2D eigenvalue weighted by molar-refractivity contribution is -0.123. The first-order valence-electron chi connectivity index (χ1n) is 10.9. The summed E-state index contributed by atoms with van der Waals surface area (Å²) in [6.45, 7) is 4.51. The monoisotopic (exact) mass is 448 g/mol. The molecule has 1 aliphatic heterocycles. The van der Waals surface area contributed by atoms with Crippen molar-refractivity contribution in [2.75, 3.05) is 24.9 Å². The van der Waals surface area contributed by atoms with E-state index in [1.54, 1.807) is 18.9 Å². The molecule has 0 spiro atoms. The highest BCUT2D eigenvalue weighted by Gasteiger charge is 2.37. The van der Waals surface area contributed by atoms with Crippen LogP contribution >= 0.6 is 0 Å². The first-order chi connectivity index (χ1) is 15.9. The Bertz CT molecular complexity index is 1150. The number of aromatic nitrogens is 2. The summed E-state index contributed by atoms with van der Waals surface area (Å²) in [5.41, 5.74) is 4.23. The van der Waals surface area contributed by atoms with Gasteiger partial charge < -0.3 is 20.1 Å². The van der Waals surface area contributed by atoms with Gasteiger partial charge in [-0.3, -0.25) is 9.59 Å². The number of nitrogens with zero attached hydrogens (tertiary/aromatic N) is 2. The van der Waals surface area contributed by atoms with E-state index in [1.807, 2.05) is 48.5 Å². The van der Waals surface area contributed by atoms with Gasteiger partial charge in [-0.15, -0.1) is 0 Å². The van der Waals surface area contributed by atoms with Gasteiger partial charge in [0.1, 0.15) is 17.6 Å². The van der Waals surface area contributed by atoms with Crippen LogP contribution in [0, 0.1) is 0 Å². The highest BCUT2D eigenvalue weighted by atomic mass is 16.5. The van der Waals surface area contributed by atoms with E-state index in [9.17, 15) is 9.59 Å². The van der Waals surface area contributed by atoms with E-state index in [0.717, 1.165) is 16.9 Å². The van der Waals surface area contributed by atoms with Gasteiger partial charge in [-0.05, 0) is 41.3 Å². The molecule has 0 fully saturated rings. The molecule has 8 heteroatoms. The third-order valence-electron chi connectivity index (χ3n) is 5.72. The molecule has 1 unspecified atom stereocenters. The number of anilines is 2. The Morgan fingerprint density at radius 2 is 1.82 bits per heavy atom. The average Bonchev–Trinajstić information content (AvgIpc) is 3.29.